The highest BCUT2D eigenvalue weighted by Gasteiger charge is 2.34. The molecule has 2 aliphatic rings. The number of nitrogens with zero attached hydrogens (tertiary/aromatic N) is 3. The Bertz CT molecular complexity index is 1250. The van der Waals surface area contributed by atoms with Gasteiger partial charge in [-0.25, -0.2) is 0 Å². The SMILES string of the molecule is O=C(CN1C(=O)/C(=C/c2ccccc2)SC1=S)N(Cc1ccco1)Cc1ccc(N2CCCCC2)o1. The summed E-state index contributed by atoms with van der Waals surface area (Å²) in [6.45, 7) is 2.35. The lowest BCUT2D eigenvalue weighted by atomic mass is 10.1. The molecule has 36 heavy (non-hydrogen) atoms. The molecule has 9 heteroatoms. The molecule has 2 saturated heterocycles. The molecule has 1 aromatic carbocycles. The Morgan fingerprint density at radius 3 is 2.53 bits per heavy atom. The van der Waals surface area contributed by atoms with Gasteiger partial charge < -0.3 is 18.6 Å². The van der Waals surface area contributed by atoms with Crippen LogP contribution >= 0.6 is 24.0 Å². The summed E-state index contributed by atoms with van der Waals surface area (Å²) in [6.07, 6.45) is 6.93. The lowest BCUT2D eigenvalue weighted by Crippen LogP contribution is -2.41. The third-order valence-electron chi connectivity index (χ3n) is 6.21. The van der Waals surface area contributed by atoms with Crippen LogP contribution in [0.25, 0.3) is 6.08 Å². The molecule has 2 amide bonds. The van der Waals surface area contributed by atoms with Gasteiger partial charge in [-0.3, -0.25) is 14.5 Å². The molecular formula is C27H27N3O4S2. The normalized spacial score (nSPS) is 17.3. The predicted octanol–water partition coefficient (Wildman–Crippen LogP) is 5.29. The molecule has 3 aromatic rings. The third kappa shape index (κ3) is 5.74. The Balaban J connectivity index is 1.30. The average molecular weight is 522 g/mol. The highest BCUT2D eigenvalue weighted by Crippen LogP contribution is 2.32. The zero-order chi connectivity index (χ0) is 24.9. The van der Waals surface area contributed by atoms with Crippen LogP contribution < -0.4 is 4.90 Å². The highest BCUT2D eigenvalue weighted by molar-refractivity contribution is 8.26. The number of rotatable bonds is 8. The summed E-state index contributed by atoms with van der Waals surface area (Å²) in [7, 11) is 0. The van der Waals surface area contributed by atoms with Crippen LogP contribution in [0, 0.1) is 0 Å². The number of amides is 2. The largest absolute Gasteiger partial charge is 0.467 e. The minimum Gasteiger partial charge on any atom is -0.467 e. The number of benzene rings is 1. The van der Waals surface area contributed by atoms with E-state index in [1.807, 2.05) is 48.5 Å². The van der Waals surface area contributed by atoms with Gasteiger partial charge in [0, 0.05) is 19.2 Å². The summed E-state index contributed by atoms with van der Waals surface area (Å²) < 4.78 is 12.0. The molecule has 0 atom stereocenters. The van der Waals surface area contributed by atoms with E-state index in [4.69, 9.17) is 21.1 Å². The number of piperidine rings is 1. The topological polar surface area (TPSA) is 70.1 Å². The first-order valence-electron chi connectivity index (χ1n) is 12.0. The Kier molecular flexibility index (Phi) is 7.58. The maximum absolute atomic E-state index is 13.4. The number of anilines is 1. The van der Waals surface area contributed by atoms with E-state index in [1.54, 1.807) is 23.3 Å². The summed E-state index contributed by atoms with van der Waals surface area (Å²) in [6, 6.07) is 17.1. The third-order valence-corrected chi connectivity index (χ3v) is 7.58. The first-order valence-corrected chi connectivity index (χ1v) is 13.2. The summed E-state index contributed by atoms with van der Waals surface area (Å²) in [5.74, 6) is 1.67. The van der Waals surface area contributed by atoms with Crippen LogP contribution in [0.15, 0.2) is 74.6 Å². The number of thioether (sulfide) groups is 1. The molecule has 4 heterocycles. The maximum atomic E-state index is 13.4. The number of hydrogen-bond donors (Lipinski definition) is 0. The van der Waals surface area contributed by atoms with Gasteiger partial charge in [0.2, 0.25) is 5.91 Å². The van der Waals surface area contributed by atoms with Crippen LogP contribution in [0.5, 0.6) is 0 Å². The molecule has 0 N–H and O–H groups in total. The smallest absolute Gasteiger partial charge is 0.266 e. The highest BCUT2D eigenvalue weighted by atomic mass is 32.2. The fourth-order valence-electron chi connectivity index (χ4n) is 4.32. The Morgan fingerprint density at radius 2 is 1.78 bits per heavy atom. The number of carbonyl (C=O) groups is 2. The van der Waals surface area contributed by atoms with Crippen molar-refractivity contribution in [1.29, 1.82) is 0 Å². The quantitative estimate of drug-likeness (QED) is 0.295. The Morgan fingerprint density at radius 1 is 1.00 bits per heavy atom. The van der Waals surface area contributed by atoms with Crippen LogP contribution in [-0.4, -0.2) is 45.6 Å². The summed E-state index contributed by atoms with van der Waals surface area (Å²) in [5.41, 5.74) is 0.908. The van der Waals surface area contributed by atoms with Crippen LogP contribution in [0.1, 0.15) is 36.3 Å². The molecule has 186 valence electrons. The molecule has 2 aliphatic heterocycles. The van der Waals surface area contributed by atoms with Crippen LogP contribution in [-0.2, 0) is 22.7 Å². The first-order chi connectivity index (χ1) is 17.6. The summed E-state index contributed by atoms with van der Waals surface area (Å²) in [5, 5.41) is 0. The van der Waals surface area contributed by atoms with Crippen molar-refractivity contribution in [1.82, 2.24) is 9.80 Å². The van der Waals surface area contributed by atoms with E-state index in [0.717, 1.165) is 37.4 Å². The molecule has 0 aliphatic carbocycles. The van der Waals surface area contributed by atoms with Crippen molar-refractivity contribution in [2.75, 3.05) is 24.5 Å². The molecule has 5 rings (SSSR count). The predicted molar refractivity (Wildman–Crippen MR) is 144 cm³/mol. The molecular weight excluding hydrogens is 494 g/mol. The second-order valence-electron chi connectivity index (χ2n) is 8.80. The summed E-state index contributed by atoms with van der Waals surface area (Å²) in [4.78, 5) is 32.3. The van der Waals surface area contributed by atoms with E-state index >= 15 is 0 Å². The van der Waals surface area contributed by atoms with Crippen LogP contribution in [0.4, 0.5) is 5.88 Å². The van der Waals surface area contributed by atoms with Crippen LogP contribution in [0.3, 0.4) is 0 Å². The molecule has 0 spiro atoms. The van der Waals surface area contributed by atoms with E-state index in [1.165, 1.54) is 23.1 Å². The standard InChI is InChI=1S/C27H27N3O4S2/c31-24(19-30-26(32)23(36-27(30)35)16-20-8-3-1-4-9-20)29(17-21-10-7-15-33-21)18-22-11-12-25(34-22)28-13-5-2-6-14-28/h1,3-4,7-12,15-16H,2,5-6,13-14,17-19H2/b23-16-. The molecule has 0 saturated carbocycles. The van der Waals surface area contributed by atoms with Crippen molar-refractivity contribution >= 4 is 52.1 Å². The van der Waals surface area contributed by atoms with E-state index in [2.05, 4.69) is 4.90 Å². The van der Waals surface area contributed by atoms with Gasteiger partial charge in [0.25, 0.3) is 5.91 Å². The van der Waals surface area contributed by atoms with Gasteiger partial charge in [-0.15, -0.1) is 0 Å². The number of furan rings is 2. The first kappa shape index (κ1) is 24.4. The van der Waals surface area contributed by atoms with Gasteiger partial charge in [-0.2, -0.15) is 0 Å². The van der Waals surface area contributed by atoms with Crippen molar-refractivity contribution in [2.45, 2.75) is 32.4 Å². The lowest BCUT2D eigenvalue weighted by Gasteiger charge is -2.26. The van der Waals surface area contributed by atoms with Crippen molar-refractivity contribution in [3.05, 3.63) is 82.8 Å². The van der Waals surface area contributed by atoms with E-state index in [-0.39, 0.29) is 31.4 Å². The van der Waals surface area contributed by atoms with Gasteiger partial charge in [-0.1, -0.05) is 54.3 Å². The Labute approximate surface area is 219 Å². The van der Waals surface area contributed by atoms with Gasteiger partial charge in [0.1, 0.15) is 22.4 Å². The average Bonchev–Trinajstić information content (AvgIpc) is 3.64. The molecule has 0 radical (unpaired) electrons. The van der Waals surface area contributed by atoms with Crippen molar-refractivity contribution in [3.63, 3.8) is 0 Å². The zero-order valence-corrected chi connectivity index (χ0v) is 21.4. The second kappa shape index (κ2) is 11.2. The minimum atomic E-state index is -0.259. The molecule has 2 aromatic heterocycles. The zero-order valence-electron chi connectivity index (χ0n) is 19.8. The van der Waals surface area contributed by atoms with Gasteiger partial charge in [0.05, 0.1) is 24.3 Å². The second-order valence-corrected chi connectivity index (χ2v) is 10.5. The fraction of sp³-hybridized carbons (Fsp3) is 0.296. The Hall–Kier alpha value is -3.30. The lowest BCUT2D eigenvalue weighted by molar-refractivity contribution is -0.136. The summed E-state index contributed by atoms with van der Waals surface area (Å²) >= 11 is 6.67. The molecule has 0 bridgehead atoms. The van der Waals surface area contributed by atoms with Crippen molar-refractivity contribution in [2.24, 2.45) is 0 Å². The fourth-order valence-corrected chi connectivity index (χ4v) is 5.57. The maximum Gasteiger partial charge on any atom is 0.266 e. The minimum absolute atomic E-state index is 0.142. The van der Waals surface area contributed by atoms with Crippen LogP contribution in [0.2, 0.25) is 0 Å². The van der Waals surface area contributed by atoms with E-state index in [0.29, 0.717) is 20.7 Å². The van der Waals surface area contributed by atoms with Gasteiger partial charge in [0.15, 0.2) is 5.88 Å². The van der Waals surface area contributed by atoms with Crippen molar-refractivity contribution < 1.29 is 18.4 Å². The molecule has 0 unspecified atom stereocenters. The molecule has 7 nitrogen and oxygen atoms in total. The molecule has 2 fully saturated rings. The van der Waals surface area contributed by atoms with Crippen molar-refractivity contribution in [3.8, 4) is 0 Å². The van der Waals surface area contributed by atoms with E-state index in [9.17, 15) is 9.59 Å². The number of thiocarbonyl (C=S) groups is 1. The monoisotopic (exact) mass is 521 g/mol. The number of hydrogen-bond acceptors (Lipinski definition) is 7. The van der Waals surface area contributed by atoms with Gasteiger partial charge >= 0.3 is 0 Å². The number of carbonyl (C=O) groups excluding carboxylic acids is 2. The van der Waals surface area contributed by atoms with E-state index < -0.39 is 0 Å². The van der Waals surface area contributed by atoms with Gasteiger partial charge in [-0.05, 0) is 49.1 Å².